The fraction of sp³-hybridized carbons (Fsp3) is 0.143. The molecule has 1 amide bonds. The normalized spacial score (nSPS) is 11.1. The van der Waals surface area contributed by atoms with E-state index in [1.54, 1.807) is 0 Å². The minimum absolute atomic E-state index is 0.000368. The number of nitrogens with zero attached hydrogens (tertiary/aromatic N) is 3. The highest BCUT2D eigenvalue weighted by molar-refractivity contribution is 7.90. The molecule has 0 unspecified atom stereocenters. The molecular formula is C14H12FN3O5S. The van der Waals surface area contributed by atoms with Gasteiger partial charge in [-0.1, -0.05) is 0 Å². The molecule has 8 nitrogen and oxygen atoms in total. The molecule has 2 rings (SSSR count). The quantitative estimate of drug-likeness (QED) is 0.615. The molecule has 0 aliphatic rings. The molecule has 0 atom stereocenters. The standard InChI is InChI=1S/C14H12FN3O5S/c1-9(19)17(14-8-11(18(20)21)5-6-16-14)10-3-4-13(12(15)7-10)24(2,22)23/h3-8H,1-2H3. The van der Waals surface area contributed by atoms with Gasteiger partial charge in [0.1, 0.15) is 16.5 Å². The van der Waals surface area contributed by atoms with Gasteiger partial charge < -0.3 is 0 Å². The molecule has 0 N–H and O–H groups in total. The summed E-state index contributed by atoms with van der Waals surface area (Å²) >= 11 is 0. The minimum atomic E-state index is -3.76. The van der Waals surface area contributed by atoms with Crippen molar-refractivity contribution in [3.63, 3.8) is 0 Å². The summed E-state index contributed by atoms with van der Waals surface area (Å²) in [6, 6.07) is 5.31. The van der Waals surface area contributed by atoms with E-state index in [0.717, 1.165) is 41.6 Å². The third kappa shape index (κ3) is 3.54. The lowest BCUT2D eigenvalue weighted by molar-refractivity contribution is -0.384. The van der Waals surface area contributed by atoms with Gasteiger partial charge in [-0.05, 0) is 18.2 Å². The number of rotatable bonds is 4. The molecule has 24 heavy (non-hydrogen) atoms. The lowest BCUT2D eigenvalue weighted by atomic mass is 10.2. The van der Waals surface area contributed by atoms with E-state index in [1.807, 2.05) is 0 Å². The average molecular weight is 353 g/mol. The van der Waals surface area contributed by atoms with Crippen molar-refractivity contribution < 1.29 is 22.5 Å². The molecule has 1 aromatic carbocycles. The Morgan fingerprint density at radius 1 is 1.29 bits per heavy atom. The van der Waals surface area contributed by atoms with Gasteiger partial charge in [-0.2, -0.15) is 0 Å². The Morgan fingerprint density at radius 2 is 1.96 bits per heavy atom. The number of halogens is 1. The van der Waals surface area contributed by atoms with Crippen LogP contribution in [0.25, 0.3) is 0 Å². The van der Waals surface area contributed by atoms with Crippen molar-refractivity contribution in [2.45, 2.75) is 11.8 Å². The smallest absolute Gasteiger partial charge is 0.274 e. The first kappa shape index (κ1) is 17.5. The Bertz CT molecular complexity index is 930. The molecule has 0 radical (unpaired) electrons. The molecule has 2 aromatic rings. The lowest BCUT2D eigenvalue weighted by Gasteiger charge is -2.20. The van der Waals surface area contributed by atoms with Gasteiger partial charge in [-0.15, -0.1) is 0 Å². The third-order valence-corrected chi connectivity index (χ3v) is 4.19. The van der Waals surface area contributed by atoms with Crippen molar-refractivity contribution in [2.75, 3.05) is 11.2 Å². The van der Waals surface area contributed by atoms with Gasteiger partial charge in [0.25, 0.3) is 5.69 Å². The van der Waals surface area contributed by atoms with Crippen LogP contribution in [0.1, 0.15) is 6.92 Å². The molecule has 0 aliphatic carbocycles. The Morgan fingerprint density at radius 3 is 2.46 bits per heavy atom. The molecule has 10 heteroatoms. The third-order valence-electron chi connectivity index (χ3n) is 3.06. The zero-order valence-electron chi connectivity index (χ0n) is 12.6. The van der Waals surface area contributed by atoms with Gasteiger partial charge in [-0.25, -0.2) is 17.8 Å². The molecule has 0 spiro atoms. The van der Waals surface area contributed by atoms with Crippen molar-refractivity contribution >= 4 is 32.9 Å². The summed E-state index contributed by atoms with van der Waals surface area (Å²) in [5.74, 6) is -1.69. The monoisotopic (exact) mass is 353 g/mol. The first-order valence-electron chi connectivity index (χ1n) is 6.52. The second-order valence-electron chi connectivity index (χ2n) is 4.87. The number of nitro groups is 1. The summed E-state index contributed by atoms with van der Waals surface area (Å²) in [6.07, 6.45) is 2.00. The number of aromatic nitrogens is 1. The van der Waals surface area contributed by atoms with Crippen LogP contribution in [0, 0.1) is 15.9 Å². The van der Waals surface area contributed by atoms with E-state index in [-0.39, 0.29) is 17.2 Å². The Hall–Kier alpha value is -2.88. The summed E-state index contributed by atoms with van der Waals surface area (Å²) in [5, 5.41) is 10.8. The van der Waals surface area contributed by atoms with E-state index in [9.17, 15) is 27.7 Å². The maximum absolute atomic E-state index is 14.0. The molecule has 1 heterocycles. The number of carbonyl (C=O) groups excluding carboxylic acids is 1. The molecule has 0 fully saturated rings. The van der Waals surface area contributed by atoms with Gasteiger partial charge in [-0.3, -0.25) is 19.8 Å². The van der Waals surface area contributed by atoms with Crippen LogP contribution in [0.15, 0.2) is 41.4 Å². The molecular weight excluding hydrogens is 341 g/mol. The molecule has 0 saturated carbocycles. The summed E-state index contributed by atoms with van der Waals surface area (Å²) in [7, 11) is -3.76. The maximum atomic E-state index is 14.0. The van der Waals surface area contributed by atoms with E-state index in [2.05, 4.69) is 4.98 Å². The molecule has 0 saturated heterocycles. The number of hydrogen-bond donors (Lipinski definition) is 0. The van der Waals surface area contributed by atoms with Crippen LogP contribution in [-0.4, -0.2) is 30.5 Å². The summed E-state index contributed by atoms with van der Waals surface area (Å²) in [4.78, 5) is 26.4. The van der Waals surface area contributed by atoms with Crippen molar-refractivity contribution in [3.05, 3.63) is 52.5 Å². The van der Waals surface area contributed by atoms with Crippen LogP contribution in [0.5, 0.6) is 0 Å². The molecule has 1 aromatic heterocycles. The molecule has 0 aliphatic heterocycles. The maximum Gasteiger partial charge on any atom is 0.274 e. The number of carbonyl (C=O) groups is 1. The van der Waals surface area contributed by atoms with Gasteiger partial charge in [0.2, 0.25) is 5.91 Å². The van der Waals surface area contributed by atoms with Crippen molar-refractivity contribution in [1.82, 2.24) is 4.98 Å². The van der Waals surface area contributed by atoms with E-state index >= 15 is 0 Å². The Kier molecular flexibility index (Phi) is 4.60. The van der Waals surface area contributed by atoms with E-state index in [0.29, 0.717) is 0 Å². The van der Waals surface area contributed by atoms with Crippen LogP contribution in [0.3, 0.4) is 0 Å². The van der Waals surface area contributed by atoms with Crippen LogP contribution in [-0.2, 0) is 14.6 Å². The lowest BCUT2D eigenvalue weighted by Crippen LogP contribution is -2.24. The number of hydrogen-bond acceptors (Lipinski definition) is 6. The van der Waals surface area contributed by atoms with E-state index < -0.39 is 31.4 Å². The number of anilines is 2. The topological polar surface area (TPSA) is 110 Å². The van der Waals surface area contributed by atoms with Crippen LogP contribution >= 0.6 is 0 Å². The summed E-state index contributed by atoms with van der Waals surface area (Å²) < 4.78 is 36.9. The van der Waals surface area contributed by atoms with E-state index in [4.69, 9.17) is 0 Å². The highest BCUT2D eigenvalue weighted by Gasteiger charge is 2.21. The number of sulfone groups is 1. The zero-order valence-corrected chi connectivity index (χ0v) is 13.4. The van der Waals surface area contributed by atoms with Crippen molar-refractivity contribution in [1.29, 1.82) is 0 Å². The van der Waals surface area contributed by atoms with Gasteiger partial charge in [0, 0.05) is 25.4 Å². The second-order valence-corrected chi connectivity index (χ2v) is 6.85. The Balaban J connectivity index is 2.57. The number of amides is 1. The second kappa shape index (κ2) is 6.32. The molecule has 126 valence electrons. The predicted molar refractivity (Wildman–Crippen MR) is 83.2 cm³/mol. The highest BCUT2D eigenvalue weighted by atomic mass is 32.2. The van der Waals surface area contributed by atoms with Crippen LogP contribution < -0.4 is 4.90 Å². The summed E-state index contributed by atoms with van der Waals surface area (Å²) in [6.45, 7) is 1.17. The minimum Gasteiger partial charge on any atom is -0.274 e. The van der Waals surface area contributed by atoms with Crippen LogP contribution in [0.4, 0.5) is 21.6 Å². The number of benzene rings is 1. The van der Waals surface area contributed by atoms with Crippen molar-refractivity contribution in [3.8, 4) is 0 Å². The SMILES string of the molecule is CC(=O)N(c1ccc(S(C)(=O)=O)c(F)c1)c1cc([N+](=O)[O-])ccn1. The van der Waals surface area contributed by atoms with Crippen molar-refractivity contribution in [2.24, 2.45) is 0 Å². The van der Waals surface area contributed by atoms with Gasteiger partial charge in [0.15, 0.2) is 9.84 Å². The Labute approximate surface area is 136 Å². The zero-order chi connectivity index (χ0) is 18.1. The van der Waals surface area contributed by atoms with Gasteiger partial charge in [0.05, 0.1) is 16.7 Å². The summed E-state index contributed by atoms with van der Waals surface area (Å²) in [5.41, 5.74) is -0.292. The highest BCUT2D eigenvalue weighted by Crippen LogP contribution is 2.29. The first-order valence-corrected chi connectivity index (χ1v) is 8.41. The predicted octanol–water partition coefficient (Wildman–Crippen LogP) is 2.22. The van der Waals surface area contributed by atoms with Gasteiger partial charge >= 0.3 is 0 Å². The largest absolute Gasteiger partial charge is 0.274 e. The van der Waals surface area contributed by atoms with Crippen LogP contribution in [0.2, 0.25) is 0 Å². The first-order chi connectivity index (χ1) is 11.1. The fourth-order valence-electron chi connectivity index (χ4n) is 2.05. The molecule has 0 bridgehead atoms. The number of pyridine rings is 1. The van der Waals surface area contributed by atoms with E-state index in [1.165, 1.54) is 13.0 Å². The average Bonchev–Trinajstić information content (AvgIpc) is 2.46. The fourth-order valence-corrected chi connectivity index (χ4v) is 2.78.